The summed E-state index contributed by atoms with van der Waals surface area (Å²) in [7, 11) is 0. The number of hydrogen-bond acceptors (Lipinski definition) is 8. The van der Waals surface area contributed by atoms with Crippen LogP contribution in [0.15, 0.2) is 80.6 Å². The van der Waals surface area contributed by atoms with Crippen LogP contribution in [0.25, 0.3) is 11.4 Å². The molecule has 1 unspecified atom stereocenters. The Kier molecular flexibility index (Phi) is 6.09. The number of nitrogens with one attached hydrogen (secondary N) is 1. The van der Waals surface area contributed by atoms with E-state index in [1.165, 1.54) is 11.8 Å². The highest BCUT2D eigenvalue weighted by Gasteiger charge is 2.24. The molecular weight excluding hydrogens is 424 g/mol. The number of piperidine rings is 1. The molecule has 1 fully saturated rings. The number of aromatic nitrogens is 5. The summed E-state index contributed by atoms with van der Waals surface area (Å²) in [6.45, 7) is 2.53. The molecule has 5 rings (SSSR count). The van der Waals surface area contributed by atoms with Crippen LogP contribution in [0, 0.1) is 0 Å². The normalized spacial score (nSPS) is 16.8. The number of likely N-dealkylation sites (tertiary alicyclic amines) is 1. The second-order valence-corrected chi connectivity index (χ2v) is 8.65. The molecule has 1 atom stereocenters. The Labute approximate surface area is 189 Å². The number of aromatic amines is 1. The number of hydrogen-bond donors (Lipinski definition) is 1. The van der Waals surface area contributed by atoms with Crippen molar-refractivity contribution in [3.63, 3.8) is 0 Å². The smallest absolute Gasteiger partial charge is 0.251 e. The van der Waals surface area contributed by atoms with Gasteiger partial charge in [0.15, 0.2) is 10.2 Å². The molecule has 1 aliphatic rings. The molecule has 5 heterocycles. The third-order valence-corrected chi connectivity index (χ3v) is 6.20. The van der Waals surface area contributed by atoms with E-state index in [2.05, 4.69) is 24.8 Å². The van der Waals surface area contributed by atoms with Gasteiger partial charge < -0.3 is 9.40 Å². The minimum absolute atomic E-state index is 0.130. The first-order valence-electron chi connectivity index (χ1n) is 10.5. The van der Waals surface area contributed by atoms with Crippen molar-refractivity contribution in [2.75, 3.05) is 13.1 Å². The van der Waals surface area contributed by atoms with Gasteiger partial charge in [-0.2, -0.15) is 0 Å². The van der Waals surface area contributed by atoms with Gasteiger partial charge >= 0.3 is 0 Å². The van der Waals surface area contributed by atoms with Crippen LogP contribution < -0.4 is 5.56 Å². The summed E-state index contributed by atoms with van der Waals surface area (Å²) in [5.74, 6) is 1.69. The SMILES string of the molecule is O=c1cc(C2CCCN(Cc3ccc(Sc4ncccn4)o3)C2)nc(-c2ccncc2)[nH]1. The lowest BCUT2D eigenvalue weighted by Crippen LogP contribution is -2.34. The molecule has 0 aliphatic carbocycles. The first kappa shape index (κ1) is 20.6. The van der Waals surface area contributed by atoms with Gasteiger partial charge in [-0.15, -0.1) is 0 Å². The summed E-state index contributed by atoms with van der Waals surface area (Å²) < 4.78 is 5.99. The van der Waals surface area contributed by atoms with Gasteiger partial charge in [-0.05, 0) is 61.5 Å². The number of H-pyrrole nitrogens is 1. The minimum Gasteiger partial charge on any atom is -0.453 e. The predicted molar refractivity (Wildman–Crippen MR) is 120 cm³/mol. The Morgan fingerprint density at radius 1 is 1.12 bits per heavy atom. The van der Waals surface area contributed by atoms with Crippen LogP contribution in [0.1, 0.15) is 30.2 Å². The fourth-order valence-corrected chi connectivity index (χ4v) is 4.61. The number of nitrogens with zero attached hydrogens (tertiary/aromatic N) is 5. The van der Waals surface area contributed by atoms with Crippen molar-refractivity contribution in [3.05, 3.63) is 83.0 Å². The van der Waals surface area contributed by atoms with Gasteiger partial charge in [-0.1, -0.05) is 0 Å². The molecule has 0 radical (unpaired) electrons. The third kappa shape index (κ3) is 4.95. The lowest BCUT2D eigenvalue weighted by Gasteiger charge is -2.31. The van der Waals surface area contributed by atoms with Crippen LogP contribution in [0.2, 0.25) is 0 Å². The molecule has 8 nitrogen and oxygen atoms in total. The molecule has 1 saturated heterocycles. The van der Waals surface area contributed by atoms with Crippen molar-refractivity contribution in [2.45, 2.75) is 35.6 Å². The van der Waals surface area contributed by atoms with E-state index in [4.69, 9.17) is 9.40 Å². The van der Waals surface area contributed by atoms with E-state index in [1.54, 1.807) is 36.9 Å². The van der Waals surface area contributed by atoms with E-state index >= 15 is 0 Å². The summed E-state index contributed by atoms with van der Waals surface area (Å²) in [5, 5.41) is 1.44. The Balaban J connectivity index is 1.27. The van der Waals surface area contributed by atoms with Crippen molar-refractivity contribution >= 4 is 11.8 Å². The topological polar surface area (TPSA) is 101 Å². The van der Waals surface area contributed by atoms with E-state index in [0.29, 0.717) is 17.5 Å². The summed E-state index contributed by atoms with van der Waals surface area (Å²) in [6.07, 6.45) is 8.89. The Morgan fingerprint density at radius 2 is 1.97 bits per heavy atom. The van der Waals surface area contributed by atoms with Gasteiger partial charge in [0.25, 0.3) is 5.56 Å². The van der Waals surface area contributed by atoms with Crippen molar-refractivity contribution in [2.24, 2.45) is 0 Å². The Bertz CT molecular complexity index is 1230. The quantitative estimate of drug-likeness (QED) is 0.447. The molecule has 0 amide bonds. The lowest BCUT2D eigenvalue weighted by atomic mass is 9.94. The molecule has 1 N–H and O–H groups in total. The minimum atomic E-state index is -0.130. The van der Waals surface area contributed by atoms with Gasteiger partial charge in [-0.3, -0.25) is 14.7 Å². The summed E-state index contributed by atoms with van der Waals surface area (Å²) in [5.41, 5.74) is 1.56. The van der Waals surface area contributed by atoms with Crippen molar-refractivity contribution in [3.8, 4) is 11.4 Å². The standard InChI is InChI=1S/C23H22N6O2S/c30-20-13-19(27-22(28-20)16-6-10-24-11-7-16)17-3-1-12-29(14-17)15-18-4-5-21(31-18)32-23-25-8-2-9-26-23/h2,4-11,13,17H,1,3,12,14-15H2,(H,27,28,30). The molecular formula is C23H22N6O2S. The highest BCUT2D eigenvalue weighted by Crippen LogP contribution is 2.29. The maximum atomic E-state index is 12.3. The van der Waals surface area contributed by atoms with Gasteiger partial charge in [0.2, 0.25) is 0 Å². The van der Waals surface area contributed by atoms with E-state index in [9.17, 15) is 4.79 Å². The number of rotatable bonds is 6. The molecule has 9 heteroatoms. The van der Waals surface area contributed by atoms with Crippen molar-refractivity contribution in [1.82, 2.24) is 29.8 Å². The summed E-state index contributed by atoms with van der Waals surface area (Å²) >= 11 is 1.41. The molecule has 4 aromatic heterocycles. The van der Waals surface area contributed by atoms with E-state index in [-0.39, 0.29) is 11.5 Å². The van der Waals surface area contributed by atoms with Gasteiger partial charge in [-0.25, -0.2) is 15.0 Å². The fraction of sp³-hybridized carbons (Fsp3) is 0.261. The van der Waals surface area contributed by atoms with Crippen LogP contribution in [-0.2, 0) is 6.54 Å². The fourth-order valence-electron chi connectivity index (χ4n) is 3.92. The average Bonchev–Trinajstić information content (AvgIpc) is 3.26. The van der Waals surface area contributed by atoms with Gasteiger partial charge in [0, 0.05) is 48.9 Å². The van der Waals surface area contributed by atoms with Crippen LogP contribution in [0.4, 0.5) is 0 Å². The predicted octanol–water partition coefficient (Wildman–Crippen LogP) is 3.75. The maximum Gasteiger partial charge on any atom is 0.251 e. The average molecular weight is 447 g/mol. The molecule has 4 aromatic rings. The number of furan rings is 1. The van der Waals surface area contributed by atoms with Crippen LogP contribution >= 0.6 is 11.8 Å². The third-order valence-electron chi connectivity index (χ3n) is 5.39. The van der Waals surface area contributed by atoms with Crippen LogP contribution in [0.3, 0.4) is 0 Å². The highest BCUT2D eigenvalue weighted by atomic mass is 32.2. The lowest BCUT2D eigenvalue weighted by molar-refractivity contribution is 0.182. The first-order valence-corrected chi connectivity index (χ1v) is 11.3. The molecule has 32 heavy (non-hydrogen) atoms. The first-order chi connectivity index (χ1) is 15.7. The molecule has 0 aromatic carbocycles. The second-order valence-electron chi connectivity index (χ2n) is 7.68. The van der Waals surface area contributed by atoms with E-state index in [1.807, 2.05) is 24.3 Å². The molecule has 162 valence electrons. The Morgan fingerprint density at radius 3 is 2.81 bits per heavy atom. The van der Waals surface area contributed by atoms with Crippen molar-refractivity contribution < 1.29 is 4.42 Å². The van der Waals surface area contributed by atoms with Crippen LogP contribution in [-0.4, -0.2) is 42.9 Å². The molecule has 1 aliphatic heterocycles. The van der Waals surface area contributed by atoms with Crippen molar-refractivity contribution in [1.29, 1.82) is 0 Å². The number of pyridine rings is 1. The second kappa shape index (κ2) is 9.46. The van der Waals surface area contributed by atoms with Gasteiger partial charge in [0.1, 0.15) is 11.6 Å². The maximum absolute atomic E-state index is 12.3. The Hall–Kier alpha value is -3.30. The highest BCUT2D eigenvalue weighted by molar-refractivity contribution is 7.99. The monoisotopic (exact) mass is 446 g/mol. The van der Waals surface area contributed by atoms with Crippen LogP contribution in [0.5, 0.6) is 0 Å². The summed E-state index contributed by atoms with van der Waals surface area (Å²) in [4.78, 5) is 34.7. The molecule has 0 bridgehead atoms. The zero-order chi connectivity index (χ0) is 21.8. The zero-order valence-electron chi connectivity index (χ0n) is 17.3. The molecule has 0 saturated carbocycles. The summed E-state index contributed by atoms with van der Waals surface area (Å²) in [6, 6.07) is 11.1. The van der Waals surface area contributed by atoms with E-state index in [0.717, 1.165) is 48.0 Å². The van der Waals surface area contributed by atoms with E-state index < -0.39 is 0 Å². The van der Waals surface area contributed by atoms with Gasteiger partial charge in [0.05, 0.1) is 12.2 Å². The zero-order valence-corrected chi connectivity index (χ0v) is 18.2. The molecule has 0 spiro atoms. The largest absolute Gasteiger partial charge is 0.453 e.